The van der Waals surface area contributed by atoms with Gasteiger partial charge in [0, 0.05) is 17.4 Å². The predicted octanol–water partition coefficient (Wildman–Crippen LogP) is 5.00. The van der Waals surface area contributed by atoms with E-state index in [1.807, 2.05) is 6.92 Å². The molecule has 0 saturated carbocycles. The summed E-state index contributed by atoms with van der Waals surface area (Å²) >= 11 is 0. The molecule has 0 heterocycles. The van der Waals surface area contributed by atoms with Gasteiger partial charge in [-0.2, -0.15) is 17.7 Å². The first-order valence-electron chi connectivity index (χ1n) is 5.95. The Labute approximate surface area is 117 Å². The standard InChI is InChI=1S/C16H23.Cr/c1-8-9-11(2)10-15-13(4)12(3)14(5)16(15,6)7;/h8-9H,1-7H3;/q-1;. The molecule has 1 aliphatic carbocycles. The van der Waals surface area contributed by atoms with Crippen LogP contribution < -0.4 is 0 Å². The molecule has 0 unspecified atom stereocenters. The van der Waals surface area contributed by atoms with Crippen LogP contribution in [0.15, 0.2) is 40.0 Å². The fourth-order valence-corrected chi connectivity index (χ4v) is 2.33. The Hall–Kier alpha value is -0.508. The van der Waals surface area contributed by atoms with Gasteiger partial charge in [-0.05, 0) is 12.3 Å². The Bertz CT molecular complexity index is 415. The molecule has 0 aromatic heterocycles. The third-order valence-corrected chi connectivity index (χ3v) is 3.80. The van der Waals surface area contributed by atoms with Gasteiger partial charge in [0.25, 0.3) is 0 Å². The van der Waals surface area contributed by atoms with Gasteiger partial charge in [-0.15, -0.1) is 22.8 Å². The molecule has 94 valence electrons. The molecule has 0 aromatic carbocycles. The van der Waals surface area contributed by atoms with E-state index >= 15 is 0 Å². The molecule has 1 heteroatoms. The van der Waals surface area contributed by atoms with E-state index in [4.69, 9.17) is 0 Å². The Morgan fingerprint density at radius 3 is 2.00 bits per heavy atom. The van der Waals surface area contributed by atoms with Crippen molar-refractivity contribution in [3.63, 3.8) is 0 Å². The van der Waals surface area contributed by atoms with E-state index < -0.39 is 0 Å². The molecule has 0 atom stereocenters. The van der Waals surface area contributed by atoms with Crippen LogP contribution in [0.4, 0.5) is 0 Å². The van der Waals surface area contributed by atoms with Gasteiger partial charge in [-0.25, -0.2) is 0 Å². The largest absolute Gasteiger partial charge is 0.176 e. The van der Waals surface area contributed by atoms with Crippen molar-refractivity contribution < 1.29 is 17.4 Å². The van der Waals surface area contributed by atoms with Crippen molar-refractivity contribution in [3.8, 4) is 0 Å². The van der Waals surface area contributed by atoms with Crippen LogP contribution in [0.3, 0.4) is 0 Å². The van der Waals surface area contributed by atoms with E-state index in [2.05, 4.69) is 59.8 Å². The predicted molar refractivity (Wildman–Crippen MR) is 72.1 cm³/mol. The van der Waals surface area contributed by atoms with E-state index in [1.165, 1.54) is 27.9 Å². The summed E-state index contributed by atoms with van der Waals surface area (Å²) < 4.78 is 0. The summed E-state index contributed by atoms with van der Waals surface area (Å²) in [5, 5.41) is 0. The molecular weight excluding hydrogens is 244 g/mol. The molecule has 0 nitrogen and oxygen atoms in total. The van der Waals surface area contributed by atoms with Crippen molar-refractivity contribution in [2.45, 2.75) is 48.5 Å². The summed E-state index contributed by atoms with van der Waals surface area (Å²) in [6, 6.07) is 0. The molecule has 0 saturated heterocycles. The molecule has 0 fully saturated rings. The second-order valence-electron chi connectivity index (χ2n) is 5.18. The molecule has 1 rings (SSSR count). The minimum absolute atomic E-state index is 0. The van der Waals surface area contributed by atoms with E-state index in [9.17, 15) is 0 Å². The van der Waals surface area contributed by atoms with Crippen molar-refractivity contribution in [1.29, 1.82) is 0 Å². The van der Waals surface area contributed by atoms with Crippen molar-refractivity contribution in [2.24, 2.45) is 5.41 Å². The fourth-order valence-electron chi connectivity index (χ4n) is 2.33. The van der Waals surface area contributed by atoms with Crippen LogP contribution in [0, 0.1) is 11.5 Å². The number of allylic oxidation sites excluding steroid dienone is 8. The Kier molecular flexibility index (Phi) is 5.72. The average molecular weight is 267 g/mol. The van der Waals surface area contributed by atoms with Crippen LogP contribution >= 0.6 is 0 Å². The van der Waals surface area contributed by atoms with E-state index in [1.54, 1.807) is 0 Å². The monoisotopic (exact) mass is 267 g/mol. The van der Waals surface area contributed by atoms with Gasteiger partial charge in [0.05, 0.1) is 0 Å². The molecule has 0 aliphatic heterocycles. The maximum atomic E-state index is 3.55. The maximum absolute atomic E-state index is 3.55. The summed E-state index contributed by atoms with van der Waals surface area (Å²) in [6.07, 6.45) is 7.72. The first-order chi connectivity index (χ1) is 7.32. The van der Waals surface area contributed by atoms with Crippen molar-refractivity contribution in [3.05, 3.63) is 46.1 Å². The van der Waals surface area contributed by atoms with E-state index in [-0.39, 0.29) is 22.8 Å². The van der Waals surface area contributed by atoms with Crippen LogP contribution in [0.1, 0.15) is 48.5 Å². The second-order valence-corrected chi connectivity index (χ2v) is 5.18. The first-order valence-corrected chi connectivity index (χ1v) is 5.95. The smallest absolute Gasteiger partial charge is 0 e. The van der Waals surface area contributed by atoms with Gasteiger partial charge in [0.15, 0.2) is 0 Å². The van der Waals surface area contributed by atoms with Gasteiger partial charge in [0.1, 0.15) is 0 Å². The third-order valence-electron chi connectivity index (χ3n) is 3.80. The van der Waals surface area contributed by atoms with Crippen molar-refractivity contribution >= 4 is 0 Å². The maximum Gasteiger partial charge on any atom is 0 e. The van der Waals surface area contributed by atoms with Crippen LogP contribution in [0.2, 0.25) is 0 Å². The van der Waals surface area contributed by atoms with E-state index in [0.29, 0.717) is 0 Å². The molecule has 0 bridgehead atoms. The molecule has 0 aromatic rings. The minimum Gasteiger partial charge on any atom is -0.176 e. The second kappa shape index (κ2) is 5.90. The molecule has 0 radical (unpaired) electrons. The van der Waals surface area contributed by atoms with Crippen LogP contribution in [-0.4, -0.2) is 0 Å². The number of hydrogen-bond donors (Lipinski definition) is 0. The molecule has 1 aliphatic rings. The molecule has 17 heavy (non-hydrogen) atoms. The fraction of sp³-hybridized carbons (Fsp3) is 0.500. The van der Waals surface area contributed by atoms with Crippen molar-refractivity contribution in [2.75, 3.05) is 0 Å². The third kappa shape index (κ3) is 3.03. The zero-order chi connectivity index (χ0) is 12.5. The van der Waals surface area contributed by atoms with Crippen molar-refractivity contribution in [1.82, 2.24) is 0 Å². The van der Waals surface area contributed by atoms with Gasteiger partial charge in [0.2, 0.25) is 0 Å². The van der Waals surface area contributed by atoms with Crippen LogP contribution in [0.25, 0.3) is 0 Å². The summed E-state index contributed by atoms with van der Waals surface area (Å²) in [7, 11) is 0. The zero-order valence-electron chi connectivity index (χ0n) is 12.1. The normalized spacial score (nSPS) is 20.3. The average Bonchev–Trinajstić information content (AvgIpc) is 2.34. The van der Waals surface area contributed by atoms with Gasteiger partial charge >= 0.3 is 0 Å². The number of rotatable bonds is 2. The Balaban J connectivity index is 0.00000256. The van der Waals surface area contributed by atoms with E-state index in [0.717, 1.165) is 0 Å². The summed E-state index contributed by atoms with van der Waals surface area (Å²) in [5.41, 5.74) is 6.98. The zero-order valence-corrected chi connectivity index (χ0v) is 13.3. The Morgan fingerprint density at radius 2 is 1.65 bits per heavy atom. The van der Waals surface area contributed by atoms with Gasteiger partial charge in [-0.1, -0.05) is 47.1 Å². The van der Waals surface area contributed by atoms with Crippen LogP contribution in [-0.2, 0) is 17.4 Å². The van der Waals surface area contributed by atoms with Crippen LogP contribution in [0.5, 0.6) is 0 Å². The topological polar surface area (TPSA) is 0 Å². The van der Waals surface area contributed by atoms with Gasteiger partial charge in [-0.3, -0.25) is 0 Å². The van der Waals surface area contributed by atoms with Gasteiger partial charge < -0.3 is 0 Å². The minimum atomic E-state index is 0. The molecule has 0 spiro atoms. The Morgan fingerprint density at radius 1 is 1.12 bits per heavy atom. The molecular formula is C16H23Cr-. The summed E-state index contributed by atoms with van der Waals surface area (Å²) in [5.74, 6) is 0. The number of hydrogen-bond acceptors (Lipinski definition) is 0. The first kappa shape index (κ1) is 16.5. The summed E-state index contributed by atoms with van der Waals surface area (Å²) in [6.45, 7) is 15.4. The molecule has 0 amide bonds. The quantitative estimate of drug-likeness (QED) is 0.488. The molecule has 0 N–H and O–H groups in total. The summed E-state index contributed by atoms with van der Waals surface area (Å²) in [4.78, 5) is 0. The SMILES string of the molecule is CC=CC(C)=[C-]C1=C(C)C(C)=C(C)C1(C)C.[Cr].